The highest BCUT2D eigenvalue weighted by Crippen LogP contribution is 2.21. The third-order valence-electron chi connectivity index (χ3n) is 1.70. The highest BCUT2D eigenvalue weighted by molar-refractivity contribution is 7.86. The Kier molecular flexibility index (Phi) is 2.96. The number of ether oxygens (including phenoxy) is 1. The molecule has 0 amide bonds. The van der Waals surface area contributed by atoms with E-state index < -0.39 is 26.5 Å². The molecule has 1 aromatic carbocycles. The standard InChI is InChI=1S/C8H8O6S/c1-14-5-2-3-6(8(9)10)7(4-5)15(11,12)13/h2-4H,1H3,(H,9,10)(H,11,12,13). The fourth-order valence-corrected chi connectivity index (χ4v) is 1.72. The molecule has 0 aliphatic heterocycles. The van der Waals surface area contributed by atoms with Crippen molar-refractivity contribution in [2.24, 2.45) is 0 Å². The van der Waals surface area contributed by atoms with Crippen molar-refractivity contribution >= 4 is 16.1 Å². The molecule has 0 unspecified atom stereocenters. The first-order valence-corrected chi connectivity index (χ1v) is 5.19. The van der Waals surface area contributed by atoms with Crippen molar-refractivity contribution in [1.29, 1.82) is 0 Å². The van der Waals surface area contributed by atoms with Gasteiger partial charge in [-0.05, 0) is 12.1 Å². The van der Waals surface area contributed by atoms with Crippen LogP contribution in [0, 0.1) is 0 Å². The molecule has 7 heteroatoms. The summed E-state index contributed by atoms with van der Waals surface area (Å²) < 4.78 is 35.2. The van der Waals surface area contributed by atoms with Gasteiger partial charge in [-0.1, -0.05) is 0 Å². The van der Waals surface area contributed by atoms with Crippen LogP contribution in [-0.2, 0) is 10.1 Å². The second-order valence-corrected chi connectivity index (χ2v) is 4.03. The minimum atomic E-state index is -4.57. The van der Waals surface area contributed by atoms with Gasteiger partial charge in [0, 0.05) is 6.07 Å². The van der Waals surface area contributed by atoms with Crippen LogP contribution in [0.1, 0.15) is 10.4 Å². The lowest BCUT2D eigenvalue weighted by atomic mass is 10.2. The Balaban J connectivity index is 3.50. The molecule has 0 saturated carbocycles. The molecule has 0 heterocycles. The third-order valence-corrected chi connectivity index (χ3v) is 2.59. The molecule has 0 aliphatic carbocycles. The van der Waals surface area contributed by atoms with E-state index in [0.717, 1.165) is 12.1 Å². The average Bonchev–Trinajstić information content (AvgIpc) is 2.15. The van der Waals surface area contributed by atoms with E-state index in [2.05, 4.69) is 0 Å². The molecule has 1 rings (SSSR count). The summed E-state index contributed by atoms with van der Waals surface area (Å²) in [5.74, 6) is -1.29. The van der Waals surface area contributed by atoms with Crippen LogP contribution in [0.3, 0.4) is 0 Å². The first kappa shape index (κ1) is 11.5. The number of benzene rings is 1. The summed E-state index contributed by atoms with van der Waals surface area (Å²) in [6.07, 6.45) is 0. The fraction of sp³-hybridized carbons (Fsp3) is 0.125. The monoisotopic (exact) mass is 232 g/mol. The zero-order valence-electron chi connectivity index (χ0n) is 7.67. The maximum absolute atomic E-state index is 10.9. The summed E-state index contributed by atoms with van der Waals surface area (Å²) in [5, 5.41) is 8.68. The fourth-order valence-electron chi connectivity index (χ4n) is 1.02. The molecule has 0 spiro atoms. The largest absolute Gasteiger partial charge is 0.497 e. The Labute approximate surface area is 85.9 Å². The summed E-state index contributed by atoms with van der Waals surface area (Å²) in [6.45, 7) is 0. The molecule has 82 valence electrons. The van der Waals surface area contributed by atoms with E-state index in [1.165, 1.54) is 13.2 Å². The van der Waals surface area contributed by atoms with Crippen molar-refractivity contribution < 1.29 is 27.6 Å². The predicted molar refractivity (Wildman–Crippen MR) is 49.8 cm³/mol. The first-order valence-electron chi connectivity index (χ1n) is 3.75. The molecular formula is C8H8O6S. The number of carboxylic acids is 1. The van der Waals surface area contributed by atoms with Gasteiger partial charge in [-0.3, -0.25) is 4.55 Å². The second kappa shape index (κ2) is 3.87. The molecular weight excluding hydrogens is 224 g/mol. The number of carboxylic acid groups (broad SMARTS) is 1. The SMILES string of the molecule is COc1ccc(C(=O)O)c(S(=O)(=O)O)c1. The summed E-state index contributed by atoms with van der Waals surface area (Å²) in [5.41, 5.74) is -0.502. The van der Waals surface area contributed by atoms with Gasteiger partial charge in [-0.15, -0.1) is 0 Å². The molecule has 1 aromatic rings. The van der Waals surface area contributed by atoms with E-state index in [-0.39, 0.29) is 5.75 Å². The number of carbonyl (C=O) groups is 1. The number of rotatable bonds is 3. The maximum atomic E-state index is 10.9. The number of aromatic carboxylic acids is 1. The van der Waals surface area contributed by atoms with Crippen molar-refractivity contribution in [2.75, 3.05) is 7.11 Å². The zero-order valence-corrected chi connectivity index (χ0v) is 8.48. The summed E-state index contributed by atoms with van der Waals surface area (Å²) in [4.78, 5) is 9.97. The first-order chi connectivity index (χ1) is 6.86. The van der Waals surface area contributed by atoms with Crippen LogP contribution in [0.5, 0.6) is 5.75 Å². The van der Waals surface area contributed by atoms with Gasteiger partial charge < -0.3 is 9.84 Å². The van der Waals surface area contributed by atoms with E-state index in [1.807, 2.05) is 0 Å². The van der Waals surface area contributed by atoms with Crippen LogP contribution in [0.25, 0.3) is 0 Å². The summed E-state index contributed by atoms with van der Waals surface area (Å²) in [6, 6.07) is 3.28. The number of hydrogen-bond donors (Lipinski definition) is 2. The predicted octanol–water partition coefficient (Wildman–Crippen LogP) is 0.640. The van der Waals surface area contributed by atoms with Crippen LogP contribution < -0.4 is 4.74 Å². The molecule has 0 bridgehead atoms. The molecule has 0 saturated heterocycles. The molecule has 0 aliphatic rings. The summed E-state index contributed by atoms with van der Waals surface area (Å²) >= 11 is 0. The molecule has 0 radical (unpaired) electrons. The van der Waals surface area contributed by atoms with Gasteiger partial charge in [0.05, 0.1) is 12.7 Å². The van der Waals surface area contributed by atoms with Gasteiger partial charge in [0.2, 0.25) is 0 Å². The highest BCUT2D eigenvalue weighted by Gasteiger charge is 2.20. The van der Waals surface area contributed by atoms with Crippen molar-refractivity contribution in [1.82, 2.24) is 0 Å². The average molecular weight is 232 g/mol. The van der Waals surface area contributed by atoms with Gasteiger partial charge >= 0.3 is 5.97 Å². The van der Waals surface area contributed by atoms with Crippen LogP contribution in [0.2, 0.25) is 0 Å². The molecule has 6 nitrogen and oxygen atoms in total. The number of methoxy groups -OCH3 is 1. The lowest BCUT2D eigenvalue weighted by Gasteiger charge is -2.05. The van der Waals surface area contributed by atoms with Gasteiger partial charge in [0.15, 0.2) is 0 Å². The Morgan fingerprint density at radius 3 is 2.40 bits per heavy atom. The Hall–Kier alpha value is -1.60. The quantitative estimate of drug-likeness (QED) is 0.741. The minimum absolute atomic E-state index is 0.146. The smallest absolute Gasteiger partial charge is 0.337 e. The van der Waals surface area contributed by atoms with Gasteiger partial charge in [-0.2, -0.15) is 8.42 Å². The lowest BCUT2D eigenvalue weighted by Crippen LogP contribution is -2.08. The van der Waals surface area contributed by atoms with E-state index in [9.17, 15) is 13.2 Å². The van der Waals surface area contributed by atoms with Gasteiger partial charge in [0.25, 0.3) is 10.1 Å². The van der Waals surface area contributed by atoms with Crippen molar-refractivity contribution in [2.45, 2.75) is 4.90 Å². The topological polar surface area (TPSA) is 101 Å². The summed E-state index contributed by atoms with van der Waals surface area (Å²) in [7, 11) is -3.28. The van der Waals surface area contributed by atoms with Gasteiger partial charge in [0.1, 0.15) is 10.6 Å². The van der Waals surface area contributed by atoms with Crippen LogP contribution in [-0.4, -0.2) is 31.2 Å². The minimum Gasteiger partial charge on any atom is -0.497 e. The molecule has 0 atom stereocenters. The lowest BCUT2D eigenvalue weighted by molar-refractivity contribution is 0.0692. The maximum Gasteiger partial charge on any atom is 0.337 e. The molecule has 2 N–H and O–H groups in total. The second-order valence-electron chi connectivity index (χ2n) is 2.64. The molecule has 15 heavy (non-hydrogen) atoms. The Morgan fingerprint density at radius 2 is 2.00 bits per heavy atom. The Bertz CT molecular complexity index is 490. The molecule has 0 aromatic heterocycles. The van der Waals surface area contributed by atoms with E-state index in [4.69, 9.17) is 14.4 Å². The van der Waals surface area contributed by atoms with Crippen molar-refractivity contribution in [3.63, 3.8) is 0 Å². The van der Waals surface area contributed by atoms with Crippen molar-refractivity contribution in [3.05, 3.63) is 23.8 Å². The highest BCUT2D eigenvalue weighted by atomic mass is 32.2. The normalized spacial score (nSPS) is 11.1. The van der Waals surface area contributed by atoms with E-state index in [0.29, 0.717) is 0 Å². The van der Waals surface area contributed by atoms with E-state index in [1.54, 1.807) is 0 Å². The van der Waals surface area contributed by atoms with Crippen LogP contribution in [0.15, 0.2) is 23.1 Å². The molecule has 0 fully saturated rings. The Morgan fingerprint density at radius 1 is 1.40 bits per heavy atom. The van der Waals surface area contributed by atoms with Crippen molar-refractivity contribution in [3.8, 4) is 5.75 Å². The van der Waals surface area contributed by atoms with E-state index >= 15 is 0 Å². The van der Waals surface area contributed by atoms with Crippen LogP contribution >= 0.6 is 0 Å². The van der Waals surface area contributed by atoms with Crippen LogP contribution in [0.4, 0.5) is 0 Å². The zero-order chi connectivity index (χ0) is 11.6. The van der Waals surface area contributed by atoms with Gasteiger partial charge in [-0.25, -0.2) is 4.79 Å². The number of hydrogen-bond acceptors (Lipinski definition) is 4. The third kappa shape index (κ3) is 2.45.